The van der Waals surface area contributed by atoms with Gasteiger partial charge < -0.3 is 19.3 Å². The molecule has 4 rings (SSSR count). The van der Waals surface area contributed by atoms with Gasteiger partial charge in [-0.1, -0.05) is 45.5 Å². The Hall–Kier alpha value is -3.37. The minimum absolute atomic E-state index is 0.00574. The van der Waals surface area contributed by atoms with Crippen molar-refractivity contribution in [1.29, 1.82) is 0 Å². The molecule has 38 heavy (non-hydrogen) atoms. The number of fused-ring (bicyclic) bond motifs is 1. The van der Waals surface area contributed by atoms with E-state index in [9.17, 15) is 14.7 Å². The Kier molecular flexibility index (Phi) is 8.42. The summed E-state index contributed by atoms with van der Waals surface area (Å²) in [5.74, 6) is 0.345. The second-order valence-corrected chi connectivity index (χ2v) is 10.6. The van der Waals surface area contributed by atoms with Gasteiger partial charge in [0.2, 0.25) is 0 Å². The number of para-hydroxylation sites is 1. The summed E-state index contributed by atoms with van der Waals surface area (Å²) in [5.41, 5.74) is 1.76. The van der Waals surface area contributed by atoms with E-state index in [1.807, 2.05) is 45.0 Å². The molecule has 1 aliphatic rings. The Morgan fingerprint density at radius 1 is 1.21 bits per heavy atom. The van der Waals surface area contributed by atoms with E-state index in [0.717, 1.165) is 0 Å². The second-order valence-electron chi connectivity index (χ2n) is 8.78. The molecule has 1 aromatic heterocycles. The molecule has 0 unspecified atom stereocenters. The number of aromatic nitrogens is 1. The molecule has 0 aliphatic carbocycles. The first kappa shape index (κ1) is 27.7. The van der Waals surface area contributed by atoms with E-state index >= 15 is 0 Å². The van der Waals surface area contributed by atoms with Crippen molar-refractivity contribution in [2.24, 2.45) is 4.99 Å². The van der Waals surface area contributed by atoms with Crippen molar-refractivity contribution in [2.45, 2.75) is 46.8 Å². The van der Waals surface area contributed by atoms with Crippen LogP contribution in [0, 0.1) is 0 Å². The van der Waals surface area contributed by atoms with Crippen LogP contribution in [0.4, 0.5) is 0 Å². The van der Waals surface area contributed by atoms with Crippen molar-refractivity contribution in [3.63, 3.8) is 0 Å². The maximum absolute atomic E-state index is 13.9. The molecule has 0 bridgehead atoms. The third-order valence-corrected chi connectivity index (χ3v) is 7.43. The molecule has 1 N–H and O–H groups in total. The molecule has 0 radical (unpaired) electrons. The maximum Gasteiger partial charge on any atom is 0.338 e. The lowest BCUT2D eigenvalue weighted by atomic mass is 9.95. The van der Waals surface area contributed by atoms with Crippen molar-refractivity contribution in [3.05, 3.63) is 83.0 Å². The Bertz CT molecular complexity index is 1590. The first-order valence-electron chi connectivity index (χ1n) is 12.3. The summed E-state index contributed by atoms with van der Waals surface area (Å²) in [6.45, 7) is 9.71. The average molecular weight is 602 g/mol. The Morgan fingerprint density at radius 2 is 1.95 bits per heavy atom. The summed E-state index contributed by atoms with van der Waals surface area (Å²) in [4.78, 5) is 32.2. The fraction of sp³-hybridized carbons (Fsp3) is 0.321. The monoisotopic (exact) mass is 600 g/mol. The number of rotatable bonds is 8. The number of hydrogen-bond acceptors (Lipinski definition) is 8. The summed E-state index contributed by atoms with van der Waals surface area (Å²) < 4.78 is 19.5. The molecule has 2 heterocycles. The van der Waals surface area contributed by atoms with Crippen LogP contribution in [-0.2, 0) is 9.53 Å². The summed E-state index contributed by atoms with van der Waals surface area (Å²) in [5, 5.41) is 10.2. The zero-order valence-corrected chi connectivity index (χ0v) is 24.2. The average Bonchev–Trinajstić information content (AvgIpc) is 3.16. The molecule has 0 saturated heterocycles. The highest BCUT2D eigenvalue weighted by molar-refractivity contribution is 9.10. The smallest absolute Gasteiger partial charge is 0.338 e. The molecule has 0 spiro atoms. The van der Waals surface area contributed by atoms with Crippen LogP contribution >= 0.6 is 27.3 Å². The molecular formula is C28H29BrN2O6S. The number of benzene rings is 2. The molecule has 0 amide bonds. The van der Waals surface area contributed by atoms with E-state index in [-0.39, 0.29) is 29.6 Å². The van der Waals surface area contributed by atoms with Crippen LogP contribution in [0.15, 0.2) is 61.9 Å². The number of carbonyl (C=O) groups is 1. The van der Waals surface area contributed by atoms with Gasteiger partial charge in [0.15, 0.2) is 16.3 Å². The molecule has 10 heteroatoms. The molecule has 1 aliphatic heterocycles. The van der Waals surface area contributed by atoms with Gasteiger partial charge in [-0.15, -0.1) is 0 Å². The number of phenolic OH excluding ortho intramolecular Hbond substituents is 1. The molecule has 8 nitrogen and oxygen atoms in total. The zero-order chi connectivity index (χ0) is 27.6. The van der Waals surface area contributed by atoms with E-state index in [1.54, 1.807) is 26.0 Å². The zero-order valence-electron chi connectivity index (χ0n) is 21.8. The van der Waals surface area contributed by atoms with Crippen LogP contribution in [0.1, 0.15) is 51.8 Å². The van der Waals surface area contributed by atoms with Gasteiger partial charge in [0.1, 0.15) is 11.8 Å². The van der Waals surface area contributed by atoms with Crippen LogP contribution in [0.5, 0.6) is 17.2 Å². The van der Waals surface area contributed by atoms with Crippen molar-refractivity contribution in [2.75, 3.05) is 13.2 Å². The number of esters is 1. The number of allylic oxidation sites excluding steroid dienone is 1. The Labute approximate surface area is 232 Å². The normalized spacial score (nSPS) is 15.3. The third-order valence-electron chi connectivity index (χ3n) is 5.76. The van der Waals surface area contributed by atoms with Gasteiger partial charge in [-0.05, 0) is 64.5 Å². The lowest BCUT2D eigenvalue weighted by Gasteiger charge is -2.26. The molecule has 1 atom stereocenters. The SMILES string of the molecule is CCOC(=O)C1=C(C)N=c2s/c(=C/c3cc(OCC)c(O)cc3Br)c(=O)n2[C@H]1c1ccccc1OC(C)C. The van der Waals surface area contributed by atoms with Crippen LogP contribution in [0.3, 0.4) is 0 Å². The van der Waals surface area contributed by atoms with Gasteiger partial charge in [-0.25, -0.2) is 9.79 Å². The number of aromatic hydroxyl groups is 1. The topological polar surface area (TPSA) is 99.4 Å². The number of phenols is 1. The number of thiazole rings is 1. The summed E-state index contributed by atoms with van der Waals surface area (Å²) in [6.07, 6.45) is 1.60. The fourth-order valence-corrected chi connectivity index (χ4v) is 5.72. The van der Waals surface area contributed by atoms with E-state index in [2.05, 4.69) is 20.9 Å². The van der Waals surface area contributed by atoms with Crippen LogP contribution in [-0.4, -0.2) is 35.0 Å². The lowest BCUT2D eigenvalue weighted by molar-refractivity contribution is -0.139. The Morgan fingerprint density at radius 3 is 2.63 bits per heavy atom. The highest BCUT2D eigenvalue weighted by atomic mass is 79.9. The largest absolute Gasteiger partial charge is 0.504 e. The summed E-state index contributed by atoms with van der Waals surface area (Å²) in [6, 6.07) is 9.78. The predicted molar refractivity (Wildman–Crippen MR) is 150 cm³/mol. The van der Waals surface area contributed by atoms with E-state index in [1.165, 1.54) is 22.0 Å². The highest BCUT2D eigenvalue weighted by Gasteiger charge is 2.35. The van der Waals surface area contributed by atoms with Crippen LogP contribution in [0.25, 0.3) is 6.08 Å². The predicted octanol–water partition coefficient (Wildman–Crippen LogP) is 4.45. The lowest BCUT2D eigenvalue weighted by Crippen LogP contribution is -2.40. The van der Waals surface area contributed by atoms with Gasteiger partial charge in [0, 0.05) is 10.0 Å². The number of halogens is 1. The summed E-state index contributed by atoms with van der Waals surface area (Å²) >= 11 is 4.68. The van der Waals surface area contributed by atoms with Gasteiger partial charge in [0.25, 0.3) is 5.56 Å². The highest BCUT2D eigenvalue weighted by Crippen LogP contribution is 2.36. The first-order valence-corrected chi connectivity index (χ1v) is 13.9. The number of carbonyl (C=O) groups excluding carboxylic acids is 1. The fourth-order valence-electron chi connectivity index (χ4n) is 4.24. The van der Waals surface area contributed by atoms with Crippen molar-refractivity contribution in [3.8, 4) is 17.2 Å². The molecule has 200 valence electrons. The quantitative estimate of drug-likeness (QED) is 0.383. The van der Waals surface area contributed by atoms with Gasteiger partial charge in [0.05, 0.1) is 35.1 Å². The van der Waals surface area contributed by atoms with Gasteiger partial charge >= 0.3 is 5.97 Å². The minimum Gasteiger partial charge on any atom is -0.504 e. The number of ether oxygens (including phenoxy) is 3. The number of nitrogens with zero attached hydrogens (tertiary/aromatic N) is 2. The first-order chi connectivity index (χ1) is 18.2. The molecular weight excluding hydrogens is 572 g/mol. The van der Waals surface area contributed by atoms with Gasteiger partial charge in [-0.2, -0.15) is 0 Å². The Balaban J connectivity index is 1.98. The molecule has 3 aromatic rings. The minimum atomic E-state index is -0.787. The molecule has 0 saturated carbocycles. The van der Waals surface area contributed by atoms with E-state index in [0.29, 0.717) is 48.7 Å². The van der Waals surface area contributed by atoms with E-state index in [4.69, 9.17) is 14.2 Å². The van der Waals surface area contributed by atoms with Gasteiger partial charge in [-0.3, -0.25) is 9.36 Å². The second kappa shape index (κ2) is 11.6. The number of hydrogen-bond donors (Lipinski definition) is 1. The van der Waals surface area contributed by atoms with Crippen LogP contribution < -0.4 is 24.4 Å². The molecule has 2 aromatic carbocycles. The standard InChI is InChI=1S/C28H29BrN2O6S/c1-6-35-22-12-17(19(29)14-20(22)32)13-23-26(33)31-25(18-10-8-9-11-21(18)37-15(3)4)24(27(34)36-7-2)16(5)30-28(31)38-23/h8-15,25,32H,6-7H2,1-5H3/b23-13+/t25-/m0/s1. The third kappa shape index (κ3) is 5.42. The maximum atomic E-state index is 13.9. The van der Waals surface area contributed by atoms with Crippen molar-refractivity contribution < 1.29 is 24.1 Å². The summed E-state index contributed by atoms with van der Waals surface area (Å²) in [7, 11) is 0. The van der Waals surface area contributed by atoms with Crippen molar-refractivity contribution >= 4 is 39.3 Å². The van der Waals surface area contributed by atoms with E-state index < -0.39 is 12.0 Å². The van der Waals surface area contributed by atoms with Crippen molar-refractivity contribution in [1.82, 2.24) is 4.57 Å². The van der Waals surface area contributed by atoms with Crippen LogP contribution in [0.2, 0.25) is 0 Å². The molecule has 0 fully saturated rings.